The maximum absolute atomic E-state index is 12.1. The summed E-state index contributed by atoms with van der Waals surface area (Å²) in [6.45, 7) is 0. The van der Waals surface area contributed by atoms with E-state index >= 15 is 0 Å². The first-order chi connectivity index (χ1) is 13.4. The minimum atomic E-state index is -3.62. The smallest absolute Gasteiger partial charge is 0.268 e. The second-order valence-electron chi connectivity index (χ2n) is 5.87. The zero-order valence-corrected chi connectivity index (χ0v) is 16.1. The highest BCUT2D eigenvalue weighted by Crippen LogP contribution is 2.35. The number of sulfonamides is 1. The molecule has 0 aliphatic rings. The number of nitrogens with zero attached hydrogens (tertiary/aromatic N) is 3. The van der Waals surface area contributed by atoms with Crippen LogP contribution in [0, 0.1) is 0 Å². The summed E-state index contributed by atoms with van der Waals surface area (Å²) in [5.41, 5.74) is 8.32. The fraction of sp³-hybridized carbons (Fsp3) is 0.0588. The van der Waals surface area contributed by atoms with Gasteiger partial charge in [0.1, 0.15) is 15.6 Å². The Hall–Kier alpha value is -3.15. The fourth-order valence-electron chi connectivity index (χ4n) is 2.75. The summed E-state index contributed by atoms with van der Waals surface area (Å²) in [5.74, 6) is -0.601. The molecular formula is C17H14N6O3S2. The molecule has 0 bridgehead atoms. The molecule has 0 aliphatic carbocycles. The van der Waals surface area contributed by atoms with Gasteiger partial charge in [-0.25, -0.2) is 18.1 Å². The molecule has 11 heteroatoms. The molecule has 3 heterocycles. The van der Waals surface area contributed by atoms with Gasteiger partial charge in [-0.15, -0.1) is 11.3 Å². The van der Waals surface area contributed by atoms with Crippen LogP contribution in [0.5, 0.6) is 0 Å². The van der Waals surface area contributed by atoms with Crippen molar-refractivity contribution in [1.29, 1.82) is 0 Å². The summed E-state index contributed by atoms with van der Waals surface area (Å²) in [6.07, 6.45) is 4.53. The molecule has 0 unspecified atom stereocenters. The predicted molar refractivity (Wildman–Crippen MR) is 105 cm³/mol. The number of aromatic amines is 1. The van der Waals surface area contributed by atoms with E-state index < -0.39 is 15.9 Å². The Labute approximate surface area is 163 Å². The van der Waals surface area contributed by atoms with E-state index in [1.165, 1.54) is 30.6 Å². The van der Waals surface area contributed by atoms with Gasteiger partial charge in [-0.3, -0.25) is 14.9 Å². The number of hydrogen-bond acceptors (Lipinski definition) is 7. The van der Waals surface area contributed by atoms with Crippen LogP contribution in [0.2, 0.25) is 0 Å². The monoisotopic (exact) mass is 414 g/mol. The summed E-state index contributed by atoms with van der Waals surface area (Å²) in [4.78, 5) is 19.8. The second kappa shape index (κ2) is 6.78. The number of carbonyl (C=O) groups is 1. The Morgan fingerprint density at radius 2 is 2.00 bits per heavy atom. The van der Waals surface area contributed by atoms with Crippen molar-refractivity contribution >= 4 is 38.2 Å². The number of nitrogens with one attached hydrogen (secondary N) is 2. The second-order valence-corrected chi connectivity index (χ2v) is 8.62. The van der Waals surface area contributed by atoms with Crippen LogP contribution in [0.1, 0.15) is 10.5 Å². The van der Waals surface area contributed by atoms with E-state index in [1.807, 2.05) is 12.1 Å². The minimum Gasteiger partial charge on any atom is -0.364 e. The molecule has 3 aromatic heterocycles. The number of fused-ring (bicyclic) bond motifs is 1. The van der Waals surface area contributed by atoms with Gasteiger partial charge in [0.2, 0.25) is 10.0 Å². The van der Waals surface area contributed by atoms with E-state index in [0.29, 0.717) is 10.6 Å². The largest absolute Gasteiger partial charge is 0.364 e. The van der Waals surface area contributed by atoms with Crippen LogP contribution in [0.3, 0.4) is 0 Å². The summed E-state index contributed by atoms with van der Waals surface area (Å²) in [6, 6.07) is 5.24. The van der Waals surface area contributed by atoms with Crippen molar-refractivity contribution in [2.24, 2.45) is 5.73 Å². The molecule has 9 nitrogen and oxygen atoms in total. The zero-order valence-electron chi connectivity index (χ0n) is 14.5. The standard InChI is InChI=1S/C17H14N6O3S2/c1-19-28(25,26)11-2-10(5-20-6-11)9-3-12(13-7-21-23-14(13)4-9)17-22-15(8-27-17)16(18)24/h2-8,19H,1H3,(H2,18,24)(H,21,23). The highest BCUT2D eigenvalue weighted by Gasteiger charge is 2.17. The Kier molecular flexibility index (Phi) is 4.41. The van der Waals surface area contributed by atoms with E-state index in [2.05, 4.69) is 24.9 Å². The number of aromatic nitrogens is 4. The minimum absolute atomic E-state index is 0.0593. The number of hydrogen-bond donors (Lipinski definition) is 3. The maximum atomic E-state index is 12.1. The molecule has 0 saturated heterocycles. The molecule has 1 aromatic carbocycles. The first kappa shape index (κ1) is 18.2. The highest BCUT2D eigenvalue weighted by molar-refractivity contribution is 7.89. The van der Waals surface area contributed by atoms with E-state index in [9.17, 15) is 13.2 Å². The first-order valence-electron chi connectivity index (χ1n) is 8.01. The molecule has 0 atom stereocenters. The number of H-pyrrole nitrogens is 1. The van der Waals surface area contributed by atoms with Crippen LogP contribution in [-0.2, 0) is 10.0 Å². The average Bonchev–Trinajstić information content (AvgIpc) is 3.37. The van der Waals surface area contributed by atoms with Crippen molar-refractivity contribution in [3.05, 3.63) is 47.9 Å². The number of amides is 1. The molecule has 0 fully saturated rings. The normalized spacial score (nSPS) is 11.8. The van der Waals surface area contributed by atoms with Gasteiger partial charge >= 0.3 is 0 Å². The van der Waals surface area contributed by atoms with Crippen LogP contribution >= 0.6 is 11.3 Å². The molecule has 4 aromatic rings. The Bertz CT molecular complexity index is 1310. The van der Waals surface area contributed by atoms with Crippen molar-refractivity contribution < 1.29 is 13.2 Å². The lowest BCUT2D eigenvalue weighted by Gasteiger charge is -2.08. The van der Waals surface area contributed by atoms with Crippen molar-refractivity contribution in [3.8, 4) is 21.7 Å². The number of thiazole rings is 1. The number of rotatable bonds is 5. The van der Waals surface area contributed by atoms with Gasteiger partial charge < -0.3 is 5.73 Å². The predicted octanol–water partition coefficient (Wildman–Crippen LogP) is 1.76. The fourth-order valence-corrected chi connectivity index (χ4v) is 4.30. The average molecular weight is 414 g/mol. The number of benzene rings is 1. The van der Waals surface area contributed by atoms with Crippen LogP contribution in [-0.4, -0.2) is 41.5 Å². The lowest BCUT2D eigenvalue weighted by Crippen LogP contribution is -2.18. The van der Waals surface area contributed by atoms with Gasteiger partial charge in [-0.05, 0) is 30.8 Å². The number of pyridine rings is 1. The molecule has 4 N–H and O–H groups in total. The molecule has 0 radical (unpaired) electrons. The van der Waals surface area contributed by atoms with Crippen molar-refractivity contribution in [2.45, 2.75) is 4.90 Å². The van der Waals surface area contributed by atoms with Crippen molar-refractivity contribution in [2.75, 3.05) is 7.05 Å². The first-order valence-corrected chi connectivity index (χ1v) is 10.4. The molecule has 0 saturated carbocycles. The van der Waals surface area contributed by atoms with Gasteiger partial charge in [0.15, 0.2) is 0 Å². The third kappa shape index (κ3) is 3.15. The number of primary amides is 1. The molecule has 1 amide bonds. The third-order valence-corrected chi connectivity index (χ3v) is 6.43. The lowest BCUT2D eigenvalue weighted by atomic mass is 10.0. The van der Waals surface area contributed by atoms with E-state index in [4.69, 9.17) is 5.73 Å². The van der Waals surface area contributed by atoms with Crippen LogP contribution in [0.15, 0.2) is 47.1 Å². The van der Waals surface area contributed by atoms with Crippen LogP contribution in [0.4, 0.5) is 0 Å². The number of carbonyl (C=O) groups excluding carboxylic acids is 1. The van der Waals surface area contributed by atoms with E-state index in [0.717, 1.165) is 22.0 Å². The van der Waals surface area contributed by atoms with E-state index in [-0.39, 0.29) is 10.6 Å². The molecule has 142 valence electrons. The Balaban J connectivity index is 1.90. The maximum Gasteiger partial charge on any atom is 0.268 e. The third-order valence-electron chi connectivity index (χ3n) is 4.17. The molecule has 28 heavy (non-hydrogen) atoms. The molecular weight excluding hydrogens is 400 g/mol. The van der Waals surface area contributed by atoms with Crippen LogP contribution < -0.4 is 10.5 Å². The van der Waals surface area contributed by atoms with Crippen molar-refractivity contribution in [1.82, 2.24) is 24.9 Å². The van der Waals surface area contributed by atoms with Gasteiger partial charge in [0, 0.05) is 34.3 Å². The van der Waals surface area contributed by atoms with E-state index in [1.54, 1.807) is 17.8 Å². The van der Waals surface area contributed by atoms with Gasteiger partial charge in [0.05, 0.1) is 11.7 Å². The summed E-state index contributed by atoms with van der Waals surface area (Å²) in [5, 5.41) is 10.0. The Morgan fingerprint density at radius 3 is 2.71 bits per heavy atom. The molecule has 0 aliphatic heterocycles. The summed E-state index contributed by atoms with van der Waals surface area (Å²) < 4.78 is 26.5. The molecule has 0 spiro atoms. The summed E-state index contributed by atoms with van der Waals surface area (Å²) >= 11 is 1.29. The van der Waals surface area contributed by atoms with Gasteiger partial charge in [-0.1, -0.05) is 0 Å². The summed E-state index contributed by atoms with van der Waals surface area (Å²) in [7, 11) is -2.28. The molecule has 4 rings (SSSR count). The van der Waals surface area contributed by atoms with Crippen LogP contribution in [0.25, 0.3) is 32.6 Å². The lowest BCUT2D eigenvalue weighted by molar-refractivity contribution is 0.0996. The number of nitrogens with two attached hydrogens (primary N) is 1. The van der Waals surface area contributed by atoms with Crippen molar-refractivity contribution in [3.63, 3.8) is 0 Å². The van der Waals surface area contributed by atoms with Gasteiger partial charge in [0.25, 0.3) is 5.91 Å². The zero-order chi connectivity index (χ0) is 19.9. The SMILES string of the molecule is CNS(=O)(=O)c1cncc(-c2cc(-c3nc(C(N)=O)cs3)c3cn[nH]c3c2)c1. The van der Waals surface area contributed by atoms with Gasteiger partial charge in [-0.2, -0.15) is 5.10 Å². The highest BCUT2D eigenvalue weighted by atomic mass is 32.2. The quantitative estimate of drug-likeness (QED) is 0.454. The topological polar surface area (TPSA) is 144 Å². The Morgan fingerprint density at radius 1 is 1.18 bits per heavy atom.